The Morgan fingerprint density at radius 2 is 1.68 bits per heavy atom. The van der Waals surface area contributed by atoms with E-state index in [-0.39, 0.29) is 22.0 Å². The van der Waals surface area contributed by atoms with Gasteiger partial charge in [0, 0.05) is 18.4 Å². The first kappa shape index (κ1) is 21.3. The van der Waals surface area contributed by atoms with Crippen LogP contribution < -0.4 is 16.4 Å². The second-order valence-corrected chi connectivity index (χ2v) is 8.33. The summed E-state index contributed by atoms with van der Waals surface area (Å²) in [6.07, 6.45) is 1.73. The van der Waals surface area contributed by atoms with Crippen LogP contribution in [0.5, 0.6) is 0 Å². The van der Waals surface area contributed by atoms with Crippen LogP contribution in [0.1, 0.15) is 27.0 Å². The quantitative estimate of drug-likeness (QED) is 0.410. The highest BCUT2D eigenvalue weighted by atomic mass is 16.1. The molecular formula is C27H23N5O2. The highest BCUT2D eigenvalue weighted by Crippen LogP contribution is 2.16. The van der Waals surface area contributed by atoms with Gasteiger partial charge in [-0.15, -0.1) is 0 Å². The van der Waals surface area contributed by atoms with Crippen LogP contribution in [0.3, 0.4) is 0 Å². The number of carbonyl (C=O) groups excluding carboxylic acids is 1. The summed E-state index contributed by atoms with van der Waals surface area (Å²) in [7, 11) is 0. The summed E-state index contributed by atoms with van der Waals surface area (Å²) in [4.78, 5) is 31.3. The van der Waals surface area contributed by atoms with Gasteiger partial charge in [-0.3, -0.25) is 24.0 Å². The predicted octanol–water partition coefficient (Wildman–Crippen LogP) is 3.66. The summed E-state index contributed by atoms with van der Waals surface area (Å²) < 4.78 is 3.04. The molecule has 0 fully saturated rings. The summed E-state index contributed by atoms with van der Waals surface area (Å²) in [6.45, 7) is 4.19. The number of hydrogen-bond acceptors (Lipinski definition) is 4. The van der Waals surface area contributed by atoms with Crippen molar-refractivity contribution in [3.05, 3.63) is 117 Å². The van der Waals surface area contributed by atoms with E-state index in [2.05, 4.69) is 5.32 Å². The summed E-state index contributed by atoms with van der Waals surface area (Å²) in [6, 6.07) is 22.3. The average molecular weight is 450 g/mol. The number of amides is 1. The van der Waals surface area contributed by atoms with Gasteiger partial charge < -0.3 is 5.32 Å². The van der Waals surface area contributed by atoms with Crippen molar-refractivity contribution < 1.29 is 4.79 Å². The first-order valence-electron chi connectivity index (χ1n) is 10.9. The Morgan fingerprint density at radius 1 is 0.971 bits per heavy atom. The molecule has 7 nitrogen and oxygen atoms in total. The van der Waals surface area contributed by atoms with Gasteiger partial charge in [0.2, 0.25) is 0 Å². The molecule has 0 bridgehead atoms. The number of fused-ring (bicyclic) bond motifs is 2. The van der Waals surface area contributed by atoms with Crippen LogP contribution in [-0.4, -0.2) is 19.9 Å². The largest absolute Gasteiger partial charge is 0.348 e. The minimum atomic E-state index is -0.426. The first-order valence-corrected chi connectivity index (χ1v) is 10.9. The van der Waals surface area contributed by atoms with Crippen molar-refractivity contribution in [2.24, 2.45) is 0 Å². The molecule has 168 valence electrons. The molecule has 0 aliphatic rings. The van der Waals surface area contributed by atoms with Crippen molar-refractivity contribution in [3.63, 3.8) is 0 Å². The second-order valence-electron chi connectivity index (χ2n) is 8.33. The van der Waals surface area contributed by atoms with Gasteiger partial charge in [-0.1, -0.05) is 54.1 Å². The van der Waals surface area contributed by atoms with E-state index in [9.17, 15) is 9.59 Å². The number of nitrogens with zero attached hydrogens (tertiary/aromatic N) is 3. The third-order valence-corrected chi connectivity index (χ3v) is 5.80. The molecule has 7 heteroatoms. The van der Waals surface area contributed by atoms with E-state index in [1.807, 2.05) is 74.5 Å². The fourth-order valence-corrected chi connectivity index (χ4v) is 3.97. The molecule has 0 spiro atoms. The fraction of sp³-hybridized carbons (Fsp3) is 0.111. The second kappa shape index (κ2) is 8.44. The van der Waals surface area contributed by atoms with E-state index in [4.69, 9.17) is 10.4 Å². The van der Waals surface area contributed by atoms with E-state index in [1.54, 1.807) is 16.8 Å². The van der Waals surface area contributed by atoms with Gasteiger partial charge in [-0.05, 0) is 49.2 Å². The fourth-order valence-electron chi connectivity index (χ4n) is 3.97. The van der Waals surface area contributed by atoms with Gasteiger partial charge in [0.05, 0.1) is 10.9 Å². The van der Waals surface area contributed by atoms with Crippen LogP contribution in [0.25, 0.3) is 22.4 Å². The summed E-state index contributed by atoms with van der Waals surface area (Å²) >= 11 is 0. The van der Waals surface area contributed by atoms with Crippen LogP contribution in [0.15, 0.2) is 83.8 Å². The molecule has 0 aliphatic heterocycles. The molecule has 5 rings (SSSR count). The van der Waals surface area contributed by atoms with E-state index in [1.165, 1.54) is 10.5 Å². The normalized spacial score (nSPS) is 11.1. The Labute approximate surface area is 195 Å². The standard InChI is InChI=1S/C27H23N5O2/c1-17-8-11-20(12-9-17)32-24(28)21(26(33)29-15-19-6-4-3-5-7-19)14-22-25(32)30-23-13-10-18(2)16-31(23)27(22)34/h3-14,16,28H,15H2,1-2H3,(H,29,33). The lowest BCUT2D eigenvalue weighted by atomic mass is 10.1. The van der Waals surface area contributed by atoms with Crippen LogP contribution in [0.2, 0.25) is 0 Å². The van der Waals surface area contributed by atoms with Crippen molar-refractivity contribution in [3.8, 4) is 5.69 Å². The van der Waals surface area contributed by atoms with Crippen LogP contribution in [0.4, 0.5) is 0 Å². The van der Waals surface area contributed by atoms with Crippen molar-refractivity contribution in [1.82, 2.24) is 19.3 Å². The van der Waals surface area contributed by atoms with Crippen molar-refractivity contribution in [1.29, 1.82) is 5.41 Å². The molecule has 2 N–H and O–H groups in total. The number of pyridine rings is 2. The molecule has 1 amide bonds. The highest BCUT2D eigenvalue weighted by Gasteiger charge is 2.18. The zero-order valence-corrected chi connectivity index (χ0v) is 18.9. The van der Waals surface area contributed by atoms with Gasteiger partial charge in [0.25, 0.3) is 11.5 Å². The zero-order chi connectivity index (χ0) is 23.8. The molecule has 0 saturated heterocycles. The minimum absolute atomic E-state index is 0.0368. The lowest BCUT2D eigenvalue weighted by Crippen LogP contribution is -2.34. The third kappa shape index (κ3) is 3.77. The van der Waals surface area contributed by atoms with E-state index < -0.39 is 5.91 Å². The third-order valence-electron chi connectivity index (χ3n) is 5.80. The zero-order valence-electron chi connectivity index (χ0n) is 18.9. The maximum Gasteiger partial charge on any atom is 0.267 e. The van der Waals surface area contributed by atoms with Gasteiger partial charge in [-0.25, -0.2) is 4.98 Å². The molecule has 5 aromatic rings. The molecule has 3 aromatic heterocycles. The molecule has 3 heterocycles. The number of rotatable bonds is 4. The number of aryl methyl sites for hydroxylation is 2. The van der Waals surface area contributed by atoms with Crippen LogP contribution in [0, 0.1) is 19.3 Å². The minimum Gasteiger partial charge on any atom is -0.348 e. The van der Waals surface area contributed by atoms with Gasteiger partial charge in [0.1, 0.15) is 11.1 Å². The maximum atomic E-state index is 13.5. The van der Waals surface area contributed by atoms with E-state index in [0.29, 0.717) is 23.5 Å². The first-order chi connectivity index (χ1) is 16.4. The smallest absolute Gasteiger partial charge is 0.267 e. The molecule has 2 aromatic carbocycles. The number of aromatic nitrogens is 3. The number of nitrogens with one attached hydrogen (secondary N) is 2. The van der Waals surface area contributed by atoms with E-state index in [0.717, 1.165) is 16.7 Å². The Bertz CT molecular complexity index is 1670. The summed E-state index contributed by atoms with van der Waals surface area (Å²) in [5.74, 6) is -0.426. The predicted molar refractivity (Wildman–Crippen MR) is 131 cm³/mol. The lowest BCUT2D eigenvalue weighted by Gasteiger charge is -2.15. The average Bonchev–Trinajstić information content (AvgIpc) is 2.84. The molecular weight excluding hydrogens is 426 g/mol. The van der Waals surface area contributed by atoms with Crippen LogP contribution in [-0.2, 0) is 6.54 Å². The Kier molecular flexibility index (Phi) is 5.30. The number of hydrogen-bond donors (Lipinski definition) is 2. The Morgan fingerprint density at radius 3 is 2.41 bits per heavy atom. The molecule has 0 atom stereocenters. The van der Waals surface area contributed by atoms with Gasteiger partial charge in [0.15, 0.2) is 5.65 Å². The molecule has 0 saturated carbocycles. The SMILES string of the molecule is Cc1ccc(-n2c(=N)c(C(=O)NCc3ccccc3)cc3c(=O)n4cc(C)ccc4nc32)cc1. The monoisotopic (exact) mass is 449 g/mol. The van der Waals surface area contributed by atoms with Crippen molar-refractivity contribution >= 4 is 22.6 Å². The summed E-state index contributed by atoms with van der Waals surface area (Å²) in [5.41, 5.74) is 4.17. The summed E-state index contributed by atoms with van der Waals surface area (Å²) in [5, 5.41) is 12.0. The Balaban J connectivity index is 1.75. The number of benzene rings is 2. The molecule has 0 aliphatic carbocycles. The van der Waals surface area contributed by atoms with Gasteiger partial charge >= 0.3 is 0 Å². The van der Waals surface area contributed by atoms with E-state index >= 15 is 0 Å². The number of carbonyl (C=O) groups is 1. The Hall–Kier alpha value is -4.52. The molecule has 0 unspecified atom stereocenters. The van der Waals surface area contributed by atoms with Gasteiger partial charge in [-0.2, -0.15) is 0 Å². The van der Waals surface area contributed by atoms with Crippen molar-refractivity contribution in [2.75, 3.05) is 0 Å². The molecule has 0 radical (unpaired) electrons. The lowest BCUT2D eigenvalue weighted by molar-refractivity contribution is 0.0949. The van der Waals surface area contributed by atoms with Crippen LogP contribution >= 0.6 is 0 Å². The topological polar surface area (TPSA) is 92.2 Å². The molecule has 34 heavy (non-hydrogen) atoms. The highest BCUT2D eigenvalue weighted by molar-refractivity contribution is 5.97. The van der Waals surface area contributed by atoms with Crippen molar-refractivity contribution in [2.45, 2.75) is 20.4 Å². The maximum absolute atomic E-state index is 13.5.